The Bertz CT molecular complexity index is 633. The summed E-state index contributed by atoms with van der Waals surface area (Å²) in [6.45, 7) is 3.18. The number of piperazine rings is 1. The van der Waals surface area contributed by atoms with Crippen molar-refractivity contribution in [1.82, 2.24) is 15.1 Å². The van der Waals surface area contributed by atoms with Gasteiger partial charge in [-0.25, -0.2) is 0 Å². The highest BCUT2D eigenvalue weighted by Gasteiger charge is 2.32. The second kappa shape index (κ2) is 9.09. The summed E-state index contributed by atoms with van der Waals surface area (Å²) in [5, 5.41) is 3.09. The van der Waals surface area contributed by atoms with Gasteiger partial charge in [0.25, 0.3) is 5.91 Å². The molecule has 2 fully saturated rings. The number of hydrogen-bond donors (Lipinski definition) is 1. The number of halogens is 1. The van der Waals surface area contributed by atoms with E-state index in [9.17, 15) is 9.59 Å². The van der Waals surface area contributed by atoms with Gasteiger partial charge in [0, 0.05) is 43.9 Å². The molecule has 8 heteroatoms. The van der Waals surface area contributed by atoms with Crippen molar-refractivity contribution in [1.29, 1.82) is 0 Å². The lowest BCUT2D eigenvalue weighted by Crippen LogP contribution is -2.57. The summed E-state index contributed by atoms with van der Waals surface area (Å²) in [6.07, 6.45) is 1.84. The molecule has 2 aliphatic rings. The van der Waals surface area contributed by atoms with Crippen molar-refractivity contribution in [3.05, 3.63) is 23.8 Å². The molecule has 2 amide bonds. The maximum absolute atomic E-state index is 12.9. The molecular weight excluding hydrogens is 358 g/mol. The first kappa shape index (κ1) is 20.3. The molecule has 3 rings (SSSR count). The minimum atomic E-state index is -0.0514. The molecule has 1 atom stereocenters. The van der Waals surface area contributed by atoms with E-state index in [0.717, 1.165) is 19.4 Å². The Morgan fingerprint density at radius 1 is 1.15 bits per heavy atom. The maximum atomic E-state index is 12.9. The fourth-order valence-electron chi connectivity index (χ4n) is 3.51. The van der Waals surface area contributed by atoms with Crippen molar-refractivity contribution in [3.63, 3.8) is 0 Å². The van der Waals surface area contributed by atoms with Crippen LogP contribution in [0.1, 0.15) is 23.2 Å². The lowest BCUT2D eigenvalue weighted by Gasteiger charge is -2.41. The van der Waals surface area contributed by atoms with E-state index in [1.54, 1.807) is 32.4 Å². The molecule has 1 aromatic carbocycles. The minimum Gasteiger partial charge on any atom is -0.497 e. The molecule has 0 aliphatic carbocycles. The lowest BCUT2D eigenvalue weighted by atomic mass is 10.0. The van der Waals surface area contributed by atoms with Gasteiger partial charge in [0.2, 0.25) is 5.91 Å². The molecule has 0 radical (unpaired) electrons. The molecule has 7 nitrogen and oxygen atoms in total. The summed E-state index contributed by atoms with van der Waals surface area (Å²) in [4.78, 5) is 28.8. The van der Waals surface area contributed by atoms with Crippen LogP contribution in [-0.2, 0) is 4.79 Å². The quantitative estimate of drug-likeness (QED) is 0.844. The molecule has 0 spiro atoms. The molecule has 1 unspecified atom stereocenters. The Labute approximate surface area is 160 Å². The van der Waals surface area contributed by atoms with Crippen LogP contribution >= 0.6 is 12.4 Å². The number of carbonyl (C=O) groups excluding carboxylic acids is 2. The first-order valence-electron chi connectivity index (χ1n) is 8.65. The minimum absolute atomic E-state index is 0. The highest BCUT2D eigenvalue weighted by atomic mass is 35.5. The smallest absolute Gasteiger partial charge is 0.254 e. The molecule has 26 heavy (non-hydrogen) atoms. The van der Waals surface area contributed by atoms with Gasteiger partial charge in [-0.2, -0.15) is 0 Å². The third-order valence-electron chi connectivity index (χ3n) is 4.85. The molecule has 2 heterocycles. The number of ether oxygens (including phenoxy) is 2. The number of piperidine rings is 1. The number of likely N-dealkylation sites (tertiary alicyclic amines) is 1. The number of methoxy groups -OCH3 is 2. The summed E-state index contributed by atoms with van der Waals surface area (Å²) in [5.41, 5.74) is 0.545. The van der Waals surface area contributed by atoms with E-state index >= 15 is 0 Å². The monoisotopic (exact) mass is 383 g/mol. The average molecular weight is 384 g/mol. The predicted octanol–water partition coefficient (Wildman–Crippen LogP) is 1.16. The van der Waals surface area contributed by atoms with Crippen LogP contribution in [-0.4, -0.2) is 74.6 Å². The van der Waals surface area contributed by atoms with Crippen molar-refractivity contribution in [2.75, 3.05) is 46.9 Å². The number of rotatable bonds is 4. The molecule has 0 bridgehead atoms. The first-order valence-corrected chi connectivity index (χ1v) is 8.65. The second-order valence-electron chi connectivity index (χ2n) is 6.41. The van der Waals surface area contributed by atoms with E-state index in [1.165, 1.54) is 0 Å². The maximum Gasteiger partial charge on any atom is 0.254 e. The van der Waals surface area contributed by atoms with Crippen LogP contribution in [0.4, 0.5) is 0 Å². The van der Waals surface area contributed by atoms with E-state index in [0.29, 0.717) is 43.2 Å². The van der Waals surface area contributed by atoms with E-state index < -0.39 is 0 Å². The van der Waals surface area contributed by atoms with Crippen molar-refractivity contribution >= 4 is 24.2 Å². The molecule has 1 N–H and O–H groups in total. The Morgan fingerprint density at radius 2 is 1.85 bits per heavy atom. The van der Waals surface area contributed by atoms with E-state index in [-0.39, 0.29) is 30.3 Å². The Kier molecular flexibility index (Phi) is 7.11. The van der Waals surface area contributed by atoms with Gasteiger partial charge in [0.05, 0.1) is 20.8 Å². The van der Waals surface area contributed by atoms with Crippen LogP contribution in [0.25, 0.3) is 0 Å². The molecule has 2 saturated heterocycles. The average Bonchev–Trinajstić information content (AvgIpc) is 2.67. The van der Waals surface area contributed by atoms with Crippen LogP contribution in [0.2, 0.25) is 0 Å². The van der Waals surface area contributed by atoms with Crippen molar-refractivity contribution in [3.8, 4) is 11.5 Å². The highest BCUT2D eigenvalue weighted by Crippen LogP contribution is 2.25. The summed E-state index contributed by atoms with van der Waals surface area (Å²) < 4.78 is 10.5. The number of nitrogens with one attached hydrogen (secondary N) is 1. The number of amides is 2. The van der Waals surface area contributed by atoms with Crippen molar-refractivity contribution in [2.45, 2.75) is 18.9 Å². The van der Waals surface area contributed by atoms with Gasteiger partial charge in [0.1, 0.15) is 11.5 Å². The van der Waals surface area contributed by atoms with Gasteiger partial charge < -0.3 is 24.6 Å². The number of hydrogen-bond acceptors (Lipinski definition) is 5. The predicted molar refractivity (Wildman–Crippen MR) is 100 cm³/mol. The zero-order chi connectivity index (χ0) is 17.8. The summed E-state index contributed by atoms with van der Waals surface area (Å²) in [5.74, 6) is 1.25. The normalized spacial score (nSPS) is 20.4. The van der Waals surface area contributed by atoms with Crippen LogP contribution in [0.3, 0.4) is 0 Å². The number of nitrogens with zero attached hydrogens (tertiary/aromatic N) is 2. The Balaban J connectivity index is 0.00000243. The van der Waals surface area contributed by atoms with Crippen LogP contribution in [0, 0.1) is 0 Å². The standard InChI is InChI=1S/C18H25N3O4.ClH/c1-24-15-8-13(9-16(10-15)25-2)18(23)20-6-3-4-14(12-20)21-7-5-19-11-17(21)22;/h8-10,14,19H,3-7,11-12H2,1-2H3;1H. The van der Waals surface area contributed by atoms with E-state index in [2.05, 4.69) is 5.32 Å². The highest BCUT2D eigenvalue weighted by molar-refractivity contribution is 5.95. The van der Waals surface area contributed by atoms with Gasteiger partial charge in [-0.05, 0) is 25.0 Å². The van der Waals surface area contributed by atoms with Gasteiger partial charge in [-0.15, -0.1) is 12.4 Å². The van der Waals surface area contributed by atoms with Crippen LogP contribution < -0.4 is 14.8 Å². The molecule has 1 aromatic rings. The number of carbonyl (C=O) groups is 2. The van der Waals surface area contributed by atoms with Gasteiger partial charge in [0.15, 0.2) is 0 Å². The summed E-state index contributed by atoms with van der Waals surface area (Å²) in [7, 11) is 3.13. The summed E-state index contributed by atoms with van der Waals surface area (Å²) in [6, 6.07) is 5.30. The Morgan fingerprint density at radius 3 is 2.46 bits per heavy atom. The van der Waals surface area contributed by atoms with Gasteiger partial charge in [-0.3, -0.25) is 9.59 Å². The molecule has 2 aliphatic heterocycles. The number of benzene rings is 1. The largest absolute Gasteiger partial charge is 0.497 e. The molecular formula is C18H26ClN3O4. The van der Waals surface area contributed by atoms with Crippen LogP contribution in [0.5, 0.6) is 11.5 Å². The van der Waals surface area contributed by atoms with E-state index in [1.807, 2.05) is 9.80 Å². The van der Waals surface area contributed by atoms with Crippen molar-refractivity contribution in [2.24, 2.45) is 0 Å². The molecule has 0 aromatic heterocycles. The molecule has 0 saturated carbocycles. The van der Waals surface area contributed by atoms with Crippen molar-refractivity contribution < 1.29 is 19.1 Å². The third-order valence-corrected chi connectivity index (χ3v) is 4.85. The fourth-order valence-corrected chi connectivity index (χ4v) is 3.51. The van der Waals surface area contributed by atoms with Crippen LogP contribution in [0.15, 0.2) is 18.2 Å². The zero-order valence-electron chi connectivity index (χ0n) is 15.2. The SMILES string of the molecule is COc1cc(OC)cc(C(=O)N2CCCC(N3CCNCC3=O)C2)c1.Cl. The molecule has 144 valence electrons. The second-order valence-corrected chi connectivity index (χ2v) is 6.41. The zero-order valence-corrected chi connectivity index (χ0v) is 16.0. The summed E-state index contributed by atoms with van der Waals surface area (Å²) >= 11 is 0. The lowest BCUT2D eigenvalue weighted by molar-refractivity contribution is -0.135. The van der Waals surface area contributed by atoms with Gasteiger partial charge >= 0.3 is 0 Å². The third kappa shape index (κ3) is 4.40. The van der Waals surface area contributed by atoms with E-state index in [4.69, 9.17) is 9.47 Å². The first-order chi connectivity index (χ1) is 12.1. The topological polar surface area (TPSA) is 71.1 Å². The fraction of sp³-hybridized carbons (Fsp3) is 0.556. The van der Waals surface area contributed by atoms with Gasteiger partial charge in [-0.1, -0.05) is 0 Å². The Hall–Kier alpha value is -1.99.